The van der Waals surface area contributed by atoms with Crippen LogP contribution >= 0.6 is 0 Å². The number of ether oxygens (including phenoxy) is 9. The number of cyclic esters (lactones) is 1. The summed E-state index contributed by atoms with van der Waals surface area (Å²) < 4.78 is 55.4. The fourth-order valence-electron chi connectivity index (χ4n) is 9.83. The standard InChI is InChI=1S/C43H49NO18/c1-20-21(2)37(50)60-34-32(57-24(5)47)36(59-26(7)49)42(19-54-22(3)45)35(61-38(51)27-14-11-10-12-15-27)31(56-23(4)46)29-33(58-25(6)48)43(42,41(34,9)53)62-40(29,8)18-55-39(52)28-16-13-17-44-30(20)28/h10-17,20-21,29,31-36,53H,18-19H2,1-9H3/t20-,21-,29+,31+,32-,33+,34-,35+,36-,40-,41-,42+,43-/m0/s1. The Morgan fingerprint density at radius 1 is 0.742 bits per heavy atom. The molecule has 1 saturated heterocycles. The van der Waals surface area contributed by atoms with E-state index in [4.69, 9.17) is 42.6 Å². The van der Waals surface area contributed by atoms with Gasteiger partial charge in [-0.25, -0.2) is 9.59 Å². The quantitative estimate of drug-likeness (QED) is 0.295. The highest BCUT2D eigenvalue weighted by molar-refractivity contribution is 5.91. The fraction of sp³-hybridized carbons (Fsp3) is 0.558. The molecule has 2 aromatic rings. The van der Waals surface area contributed by atoms with Crippen molar-refractivity contribution in [3.05, 3.63) is 65.5 Å². The SMILES string of the molecule is CC(=O)OC[C@]12[C@H](OC(=O)c3ccccc3)[C@H](OC(C)=O)[C@@H]3[C@@H](OC(C)=O)[C@@]14O[C@@]3(C)COC(=O)c1cccnc1[C@@H](C)[C@H](C)C(=O)O[C@@H]([C@H](OC(C)=O)[C@@H]2OC(C)=O)[C@]4(C)O. The number of nitrogens with zero attached hydrogens (tertiary/aromatic N) is 1. The summed E-state index contributed by atoms with van der Waals surface area (Å²) in [7, 11) is 0. The van der Waals surface area contributed by atoms with E-state index in [0.717, 1.165) is 41.5 Å². The van der Waals surface area contributed by atoms with Crippen LogP contribution in [0.15, 0.2) is 48.7 Å². The minimum absolute atomic E-state index is 0.0497. The Balaban J connectivity index is 1.80. The Morgan fingerprint density at radius 3 is 1.92 bits per heavy atom. The van der Waals surface area contributed by atoms with E-state index in [1.54, 1.807) is 13.0 Å². The van der Waals surface area contributed by atoms with Crippen LogP contribution in [-0.4, -0.2) is 124 Å². The van der Waals surface area contributed by atoms with Gasteiger partial charge in [-0.1, -0.05) is 32.0 Å². The molecule has 2 saturated carbocycles. The molecule has 0 amide bonds. The van der Waals surface area contributed by atoms with Crippen molar-refractivity contribution in [2.24, 2.45) is 17.3 Å². The third-order valence-corrected chi connectivity index (χ3v) is 12.4. The van der Waals surface area contributed by atoms with Crippen LogP contribution in [0.3, 0.4) is 0 Å². The van der Waals surface area contributed by atoms with Crippen molar-refractivity contribution in [2.45, 2.75) is 122 Å². The van der Waals surface area contributed by atoms with Gasteiger partial charge in [0.2, 0.25) is 0 Å². The molecule has 6 rings (SSSR count). The predicted octanol–water partition coefficient (Wildman–Crippen LogP) is 2.33. The zero-order chi connectivity index (χ0) is 45.7. The van der Waals surface area contributed by atoms with Crippen LogP contribution in [0.2, 0.25) is 0 Å². The van der Waals surface area contributed by atoms with Gasteiger partial charge in [-0.15, -0.1) is 0 Å². The minimum Gasteiger partial charge on any atom is -0.465 e. The molecule has 1 N–H and O–H groups in total. The normalized spacial score (nSPS) is 36.0. The van der Waals surface area contributed by atoms with E-state index < -0.39 is 138 Å². The number of aromatic nitrogens is 1. The van der Waals surface area contributed by atoms with Crippen LogP contribution in [0.4, 0.5) is 0 Å². The molecule has 1 aromatic carbocycles. The Bertz CT molecular complexity index is 2160. The van der Waals surface area contributed by atoms with Crippen LogP contribution in [0, 0.1) is 17.3 Å². The molecule has 19 nitrogen and oxygen atoms in total. The number of esters is 8. The van der Waals surface area contributed by atoms with Gasteiger partial charge in [0.25, 0.3) is 0 Å². The summed E-state index contributed by atoms with van der Waals surface area (Å²) in [4.78, 5) is 114. The number of aliphatic hydroxyl groups is 1. The van der Waals surface area contributed by atoms with Crippen LogP contribution in [-0.2, 0) is 71.4 Å². The number of hydrogen-bond acceptors (Lipinski definition) is 19. The molecular formula is C43H49NO18. The predicted molar refractivity (Wildman–Crippen MR) is 205 cm³/mol. The molecule has 1 spiro atoms. The lowest BCUT2D eigenvalue weighted by Crippen LogP contribution is -2.89. The van der Waals surface area contributed by atoms with Gasteiger partial charge in [0, 0.05) is 46.7 Å². The van der Waals surface area contributed by atoms with Crippen LogP contribution in [0.1, 0.15) is 94.6 Å². The lowest BCUT2D eigenvalue weighted by atomic mass is 9.45. The van der Waals surface area contributed by atoms with Gasteiger partial charge in [0.05, 0.1) is 28.7 Å². The number of benzene rings is 1. The summed E-state index contributed by atoms with van der Waals surface area (Å²) >= 11 is 0. The van der Waals surface area contributed by atoms with Crippen LogP contribution < -0.4 is 0 Å². The molecule has 4 aliphatic rings. The molecule has 2 aliphatic carbocycles. The zero-order valence-corrected chi connectivity index (χ0v) is 35.6. The highest BCUT2D eigenvalue weighted by Gasteiger charge is 2.92. The minimum atomic E-state index is -2.86. The topological polar surface area (TPSA) is 253 Å². The van der Waals surface area contributed by atoms with Crippen molar-refractivity contribution >= 4 is 47.8 Å². The second kappa shape index (κ2) is 16.7. The van der Waals surface area contributed by atoms with E-state index in [0.29, 0.717) is 0 Å². The first-order valence-electron chi connectivity index (χ1n) is 19.9. The highest BCUT2D eigenvalue weighted by Crippen LogP contribution is 2.70. The first-order valence-corrected chi connectivity index (χ1v) is 19.9. The number of hydrogen-bond donors (Lipinski definition) is 1. The largest absolute Gasteiger partial charge is 0.465 e. The molecule has 0 unspecified atom stereocenters. The van der Waals surface area contributed by atoms with Crippen molar-refractivity contribution in [3.63, 3.8) is 0 Å². The summed E-state index contributed by atoms with van der Waals surface area (Å²) in [5.74, 6) is -11.8. The third kappa shape index (κ3) is 7.43. The van der Waals surface area contributed by atoms with Crippen molar-refractivity contribution < 1.29 is 86.1 Å². The lowest BCUT2D eigenvalue weighted by Gasteiger charge is -2.67. The van der Waals surface area contributed by atoms with Gasteiger partial charge in [0.15, 0.2) is 30.0 Å². The average Bonchev–Trinajstić information content (AvgIpc) is 3.42. The van der Waals surface area contributed by atoms with Gasteiger partial charge < -0.3 is 47.7 Å². The number of fused-ring (bicyclic) bond motifs is 5. The third-order valence-electron chi connectivity index (χ3n) is 12.4. The van der Waals surface area contributed by atoms with Gasteiger partial charge in [-0.2, -0.15) is 0 Å². The number of carbonyl (C=O) groups is 8. The van der Waals surface area contributed by atoms with Crippen molar-refractivity contribution in [1.29, 1.82) is 0 Å². The van der Waals surface area contributed by atoms with E-state index in [1.165, 1.54) is 56.4 Å². The van der Waals surface area contributed by atoms with Crippen molar-refractivity contribution in [3.8, 4) is 0 Å². The maximum atomic E-state index is 14.5. The number of rotatable bonds is 8. The molecule has 334 valence electrons. The lowest BCUT2D eigenvalue weighted by molar-refractivity contribution is -0.386. The summed E-state index contributed by atoms with van der Waals surface area (Å²) in [5.41, 5.74) is -10.4. The molecule has 62 heavy (non-hydrogen) atoms. The van der Waals surface area contributed by atoms with Crippen molar-refractivity contribution in [1.82, 2.24) is 4.98 Å². The Hall–Kier alpha value is -5.95. The van der Waals surface area contributed by atoms with Gasteiger partial charge in [0.1, 0.15) is 42.0 Å². The van der Waals surface area contributed by atoms with Gasteiger partial charge in [-0.05, 0) is 38.1 Å². The maximum Gasteiger partial charge on any atom is 0.340 e. The maximum absolute atomic E-state index is 14.5. The number of pyridine rings is 1. The van der Waals surface area contributed by atoms with Crippen LogP contribution in [0.25, 0.3) is 0 Å². The molecular weight excluding hydrogens is 818 g/mol. The first kappa shape index (κ1) is 45.6. The Labute approximate surface area is 355 Å². The Morgan fingerprint density at radius 2 is 1.32 bits per heavy atom. The second-order valence-electron chi connectivity index (χ2n) is 16.5. The van der Waals surface area contributed by atoms with Crippen LogP contribution in [0.5, 0.6) is 0 Å². The van der Waals surface area contributed by atoms with Crippen molar-refractivity contribution in [2.75, 3.05) is 13.2 Å². The second-order valence-corrected chi connectivity index (χ2v) is 16.5. The molecule has 1 aromatic heterocycles. The van der Waals surface area contributed by atoms with E-state index in [9.17, 15) is 43.5 Å². The molecule has 2 aliphatic heterocycles. The number of carbonyl (C=O) groups excluding carboxylic acids is 8. The molecule has 3 heterocycles. The van der Waals surface area contributed by atoms with Gasteiger partial charge in [-0.3, -0.25) is 33.8 Å². The average molecular weight is 868 g/mol. The smallest absolute Gasteiger partial charge is 0.340 e. The summed E-state index contributed by atoms with van der Waals surface area (Å²) in [6, 6.07) is 10.4. The Kier molecular flexibility index (Phi) is 12.3. The fourth-order valence-corrected chi connectivity index (χ4v) is 9.83. The van der Waals surface area contributed by atoms with E-state index in [-0.39, 0.29) is 16.8 Å². The molecule has 19 heteroatoms. The highest BCUT2D eigenvalue weighted by atomic mass is 16.7. The first-order chi connectivity index (χ1) is 29.0. The zero-order valence-electron chi connectivity index (χ0n) is 35.6. The van der Waals surface area contributed by atoms with Gasteiger partial charge >= 0.3 is 47.8 Å². The van der Waals surface area contributed by atoms with E-state index >= 15 is 0 Å². The van der Waals surface area contributed by atoms with E-state index in [1.807, 2.05) is 0 Å². The molecule has 0 radical (unpaired) electrons. The summed E-state index contributed by atoms with van der Waals surface area (Å²) in [5, 5.41) is 13.6. The monoisotopic (exact) mass is 867 g/mol. The van der Waals surface area contributed by atoms with E-state index in [2.05, 4.69) is 4.98 Å². The molecule has 3 fully saturated rings. The molecule has 4 bridgehead atoms. The summed E-state index contributed by atoms with van der Waals surface area (Å²) in [6.07, 6.45) is -10.8. The summed E-state index contributed by atoms with van der Waals surface area (Å²) in [6.45, 7) is 8.67. The molecule has 13 atom stereocenters.